The summed E-state index contributed by atoms with van der Waals surface area (Å²) in [6, 6.07) is 11.1. The third kappa shape index (κ3) is 6.18. The average molecular weight is 376 g/mol. The molecule has 2 rings (SSSR count). The van der Waals surface area contributed by atoms with Gasteiger partial charge < -0.3 is 15.0 Å². The van der Waals surface area contributed by atoms with Crippen LogP contribution in [0.1, 0.15) is 15.9 Å². The van der Waals surface area contributed by atoms with Crippen molar-refractivity contribution in [2.75, 3.05) is 20.2 Å². The lowest BCUT2D eigenvalue weighted by molar-refractivity contribution is -0.150. The number of amides is 2. The van der Waals surface area contributed by atoms with Gasteiger partial charge in [0, 0.05) is 13.6 Å². The molecule has 0 heterocycles. The maximum absolute atomic E-state index is 13.5. The summed E-state index contributed by atoms with van der Waals surface area (Å²) in [5.41, 5.74) is 0.394. The van der Waals surface area contributed by atoms with Crippen LogP contribution in [0.25, 0.3) is 0 Å². The Hall–Kier alpha value is -3.29. The second-order valence-electron chi connectivity index (χ2n) is 5.70. The van der Waals surface area contributed by atoms with Crippen LogP contribution in [0.4, 0.5) is 8.78 Å². The highest BCUT2D eigenvalue weighted by Crippen LogP contribution is 2.07. The lowest BCUT2D eigenvalue weighted by Gasteiger charge is -2.17. The molecule has 6 nitrogen and oxygen atoms in total. The largest absolute Gasteiger partial charge is 0.454 e. The van der Waals surface area contributed by atoms with Crippen LogP contribution in [-0.4, -0.2) is 42.9 Å². The number of hydrogen-bond acceptors (Lipinski definition) is 4. The summed E-state index contributed by atoms with van der Waals surface area (Å²) in [5, 5.41) is 2.22. The molecule has 0 saturated carbocycles. The number of esters is 1. The Morgan fingerprint density at radius 1 is 1.07 bits per heavy atom. The zero-order valence-electron chi connectivity index (χ0n) is 14.6. The molecule has 142 valence electrons. The van der Waals surface area contributed by atoms with E-state index in [0.29, 0.717) is 5.56 Å². The Kier molecular flexibility index (Phi) is 6.99. The van der Waals surface area contributed by atoms with E-state index in [1.807, 2.05) is 0 Å². The maximum Gasteiger partial charge on any atom is 0.325 e. The smallest absolute Gasteiger partial charge is 0.325 e. The summed E-state index contributed by atoms with van der Waals surface area (Å²) in [7, 11) is 1.49. The van der Waals surface area contributed by atoms with Gasteiger partial charge in [-0.2, -0.15) is 0 Å². The monoisotopic (exact) mass is 376 g/mol. The summed E-state index contributed by atoms with van der Waals surface area (Å²) in [6.45, 7) is -0.883. The fraction of sp³-hybridized carbons (Fsp3) is 0.211. The van der Waals surface area contributed by atoms with Crippen molar-refractivity contribution in [3.8, 4) is 0 Å². The quantitative estimate of drug-likeness (QED) is 0.749. The molecular weight excluding hydrogens is 358 g/mol. The van der Waals surface area contributed by atoms with Gasteiger partial charge in [-0.25, -0.2) is 8.78 Å². The van der Waals surface area contributed by atoms with Gasteiger partial charge in [-0.05, 0) is 29.8 Å². The summed E-state index contributed by atoms with van der Waals surface area (Å²) < 4.78 is 31.4. The Labute approximate surface area is 154 Å². The van der Waals surface area contributed by atoms with E-state index in [4.69, 9.17) is 4.74 Å². The van der Waals surface area contributed by atoms with Crippen LogP contribution in [0.15, 0.2) is 48.5 Å². The molecule has 0 aliphatic rings. The van der Waals surface area contributed by atoms with Crippen molar-refractivity contribution in [3.63, 3.8) is 0 Å². The number of rotatable bonds is 7. The highest BCUT2D eigenvalue weighted by Gasteiger charge is 2.15. The molecule has 2 aromatic carbocycles. The van der Waals surface area contributed by atoms with Crippen molar-refractivity contribution in [1.29, 1.82) is 0 Å². The fourth-order valence-electron chi connectivity index (χ4n) is 2.19. The van der Waals surface area contributed by atoms with Crippen molar-refractivity contribution in [2.24, 2.45) is 0 Å². The van der Waals surface area contributed by atoms with Crippen LogP contribution >= 0.6 is 0 Å². The minimum atomic E-state index is -0.841. The Morgan fingerprint density at radius 2 is 1.81 bits per heavy atom. The van der Waals surface area contributed by atoms with Crippen molar-refractivity contribution in [3.05, 3.63) is 71.3 Å². The standard InChI is InChI=1S/C19H18F2N2O4/c1-23(11-13-5-4-6-14(20)9-13)17(24)12-27-18(25)10-22-19(26)15-7-2-3-8-16(15)21/h2-9H,10-12H2,1H3,(H,22,26). The zero-order chi connectivity index (χ0) is 19.8. The molecule has 8 heteroatoms. The first kappa shape index (κ1) is 20.0. The number of hydrogen-bond donors (Lipinski definition) is 1. The lowest BCUT2D eigenvalue weighted by atomic mass is 10.2. The van der Waals surface area contributed by atoms with E-state index in [2.05, 4.69) is 5.32 Å². The Balaban J connectivity index is 1.75. The first-order valence-corrected chi connectivity index (χ1v) is 8.03. The molecule has 1 N–H and O–H groups in total. The van der Waals surface area contributed by atoms with E-state index in [9.17, 15) is 23.2 Å². The number of halogens is 2. The topological polar surface area (TPSA) is 75.7 Å². The van der Waals surface area contributed by atoms with E-state index in [-0.39, 0.29) is 12.1 Å². The number of likely N-dealkylation sites (N-methyl/N-ethyl adjacent to an activating group) is 1. The van der Waals surface area contributed by atoms with E-state index < -0.39 is 42.6 Å². The van der Waals surface area contributed by atoms with Crippen LogP contribution in [0.2, 0.25) is 0 Å². The van der Waals surface area contributed by atoms with Crippen LogP contribution in [0.3, 0.4) is 0 Å². The van der Waals surface area contributed by atoms with Crippen LogP contribution in [-0.2, 0) is 20.9 Å². The summed E-state index contributed by atoms with van der Waals surface area (Å²) in [6.07, 6.45) is 0. The predicted molar refractivity (Wildman–Crippen MR) is 92.6 cm³/mol. The van der Waals surface area contributed by atoms with Crippen LogP contribution in [0, 0.1) is 11.6 Å². The van der Waals surface area contributed by atoms with E-state index in [0.717, 1.165) is 6.07 Å². The van der Waals surface area contributed by atoms with Crippen molar-refractivity contribution in [1.82, 2.24) is 10.2 Å². The van der Waals surface area contributed by atoms with E-state index in [1.54, 1.807) is 6.07 Å². The number of carbonyl (C=O) groups excluding carboxylic acids is 3. The molecule has 0 fully saturated rings. The molecule has 0 aromatic heterocycles. The first-order valence-electron chi connectivity index (χ1n) is 8.03. The van der Waals surface area contributed by atoms with Crippen molar-refractivity contribution < 1.29 is 27.9 Å². The van der Waals surface area contributed by atoms with Crippen molar-refractivity contribution >= 4 is 17.8 Å². The molecule has 0 bridgehead atoms. The lowest BCUT2D eigenvalue weighted by Crippen LogP contribution is -2.34. The van der Waals surface area contributed by atoms with Crippen LogP contribution < -0.4 is 5.32 Å². The molecule has 0 atom stereocenters. The van der Waals surface area contributed by atoms with Gasteiger partial charge in [-0.15, -0.1) is 0 Å². The van der Waals surface area contributed by atoms with Gasteiger partial charge in [-0.1, -0.05) is 24.3 Å². The van der Waals surface area contributed by atoms with Crippen molar-refractivity contribution in [2.45, 2.75) is 6.54 Å². The van der Waals surface area contributed by atoms with Crippen LogP contribution in [0.5, 0.6) is 0 Å². The normalized spacial score (nSPS) is 10.2. The van der Waals surface area contributed by atoms with Gasteiger partial charge in [0.1, 0.15) is 18.2 Å². The molecule has 0 spiro atoms. The highest BCUT2D eigenvalue weighted by atomic mass is 19.1. The zero-order valence-corrected chi connectivity index (χ0v) is 14.6. The summed E-state index contributed by atoms with van der Waals surface area (Å²) >= 11 is 0. The highest BCUT2D eigenvalue weighted by molar-refractivity contribution is 5.96. The number of ether oxygens (including phenoxy) is 1. The van der Waals surface area contributed by atoms with Gasteiger partial charge in [0.15, 0.2) is 6.61 Å². The van der Waals surface area contributed by atoms with Gasteiger partial charge >= 0.3 is 5.97 Å². The summed E-state index contributed by atoms with van der Waals surface area (Å²) in [4.78, 5) is 36.7. The Bertz CT molecular complexity index is 842. The number of benzene rings is 2. The molecule has 27 heavy (non-hydrogen) atoms. The molecule has 0 unspecified atom stereocenters. The molecular formula is C19H18F2N2O4. The number of nitrogens with zero attached hydrogens (tertiary/aromatic N) is 1. The first-order chi connectivity index (χ1) is 12.9. The van der Waals surface area contributed by atoms with Gasteiger partial charge in [0.25, 0.3) is 11.8 Å². The fourth-order valence-corrected chi connectivity index (χ4v) is 2.19. The molecule has 0 radical (unpaired) electrons. The Morgan fingerprint density at radius 3 is 2.52 bits per heavy atom. The average Bonchev–Trinajstić information content (AvgIpc) is 2.64. The van der Waals surface area contributed by atoms with E-state index >= 15 is 0 Å². The molecule has 2 amide bonds. The molecule has 0 aliphatic heterocycles. The van der Waals surface area contributed by atoms with E-state index in [1.165, 1.54) is 48.3 Å². The third-order valence-corrected chi connectivity index (χ3v) is 3.60. The molecule has 2 aromatic rings. The minimum Gasteiger partial charge on any atom is -0.454 e. The van der Waals surface area contributed by atoms with Gasteiger partial charge in [0.2, 0.25) is 0 Å². The minimum absolute atomic E-state index is 0.151. The maximum atomic E-state index is 13.5. The second kappa shape index (κ2) is 9.42. The molecule has 0 aliphatic carbocycles. The second-order valence-corrected chi connectivity index (χ2v) is 5.70. The van der Waals surface area contributed by atoms with Gasteiger partial charge in [-0.3, -0.25) is 14.4 Å². The molecule has 0 saturated heterocycles. The SMILES string of the molecule is CN(Cc1cccc(F)c1)C(=O)COC(=O)CNC(=O)c1ccccc1F. The van der Waals surface area contributed by atoms with Gasteiger partial charge in [0.05, 0.1) is 5.56 Å². The number of nitrogens with one attached hydrogen (secondary N) is 1. The predicted octanol–water partition coefficient (Wildman–Crippen LogP) is 1.90. The number of carbonyl (C=O) groups is 3. The summed E-state index contributed by atoms with van der Waals surface area (Å²) in [5.74, 6) is -3.22. The third-order valence-electron chi connectivity index (χ3n) is 3.60.